The maximum Gasteiger partial charge on any atom is 0.237 e. The lowest BCUT2D eigenvalue weighted by Crippen LogP contribution is -2.40. The largest absolute Gasteiger partial charge is 0.365 e. The number of nitrogens with zero attached hydrogens (tertiary/aromatic N) is 6. The van der Waals surface area contributed by atoms with Crippen LogP contribution in [0.3, 0.4) is 0 Å². The Morgan fingerprint density at radius 1 is 1.25 bits per heavy atom. The molecule has 1 aliphatic rings. The Morgan fingerprint density at radius 3 is 2.75 bits per heavy atom. The minimum atomic E-state index is 0.174. The standard InChI is InChI=1S/C27H36N8O/c1-15(2)24-25(20-12-35-27(28-14-29-35)18(5)17(20)4)31-21-8-9-22(32-26(21)24)30-19-10-16(3)34(11-19)23(36)13-33(6)7/h8-9,12,14-16,19,31H,10-11,13H2,1-7H3,(H,30,32)/t16-,19+/m1/s1. The zero-order chi connectivity index (χ0) is 25.7. The first-order valence-electron chi connectivity index (χ1n) is 12.7. The summed E-state index contributed by atoms with van der Waals surface area (Å²) in [7, 11) is 3.86. The number of aromatic nitrogens is 5. The third-order valence-electron chi connectivity index (χ3n) is 7.35. The van der Waals surface area contributed by atoms with Crippen LogP contribution in [0.4, 0.5) is 5.82 Å². The fourth-order valence-electron chi connectivity index (χ4n) is 5.45. The summed E-state index contributed by atoms with van der Waals surface area (Å²) < 4.78 is 1.85. The SMILES string of the molecule is Cc1c(-c2[nH]c3ccc(N[C@H]4C[C@@H](C)N(C(=O)CN(C)C)C4)nc3c2C(C)C)cn2ncnc2c1C. The molecule has 2 atom stereocenters. The summed E-state index contributed by atoms with van der Waals surface area (Å²) >= 11 is 0. The molecule has 1 saturated heterocycles. The summed E-state index contributed by atoms with van der Waals surface area (Å²) in [5, 5.41) is 7.99. The molecule has 4 aromatic heterocycles. The highest BCUT2D eigenvalue weighted by Crippen LogP contribution is 2.37. The Morgan fingerprint density at radius 2 is 2.03 bits per heavy atom. The van der Waals surface area contributed by atoms with Gasteiger partial charge in [0, 0.05) is 36.0 Å². The van der Waals surface area contributed by atoms with Gasteiger partial charge < -0.3 is 20.1 Å². The van der Waals surface area contributed by atoms with Gasteiger partial charge in [-0.05, 0) is 70.5 Å². The highest BCUT2D eigenvalue weighted by molar-refractivity contribution is 5.90. The van der Waals surface area contributed by atoms with Crippen molar-refractivity contribution in [1.82, 2.24) is 34.4 Å². The Bertz CT molecular complexity index is 1430. The van der Waals surface area contributed by atoms with Crippen molar-refractivity contribution in [3.05, 3.63) is 41.3 Å². The van der Waals surface area contributed by atoms with Gasteiger partial charge in [0.15, 0.2) is 5.65 Å². The van der Waals surface area contributed by atoms with Gasteiger partial charge in [-0.25, -0.2) is 14.5 Å². The third-order valence-corrected chi connectivity index (χ3v) is 7.35. The molecule has 0 bridgehead atoms. The lowest BCUT2D eigenvalue weighted by atomic mass is 9.95. The average Bonchev–Trinajstić information content (AvgIpc) is 3.52. The first-order valence-corrected chi connectivity index (χ1v) is 12.7. The van der Waals surface area contributed by atoms with Crippen LogP contribution in [0.25, 0.3) is 27.9 Å². The normalized spacial score (nSPS) is 18.3. The van der Waals surface area contributed by atoms with Crippen LogP contribution in [-0.4, -0.2) is 79.5 Å². The van der Waals surface area contributed by atoms with E-state index in [0.717, 1.165) is 45.7 Å². The number of rotatable bonds is 6. The van der Waals surface area contributed by atoms with Crippen LogP contribution in [-0.2, 0) is 4.79 Å². The van der Waals surface area contributed by atoms with Crippen molar-refractivity contribution in [3.8, 4) is 11.3 Å². The summed E-state index contributed by atoms with van der Waals surface area (Å²) in [4.78, 5) is 29.7. The van der Waals surface area contributed by atoms with Gasteiger partial charge in [-0.1, -0.05) is 13.8 Å². The molecule has 190 valence electrons. The minimum absolute atomic E-state index is 0.174. The number of hydrogen-bond acceptors (Lipinski definition) is 6. The molecule has 5 rings (SSSR count). The van der Waals surface area contributed by atoms with Crippen molar-refractivity contribution in [1.29, 1.82) is 0 Å². The molecule has 36 heavy (non-hydrogen) atoms. The van der Waals surface area contributed by atoms with E-state index in [-0.39, 0.29) is 23.9 Å². The number of likely N-dealkylation sites (tertiary alicyclic amines) is 1. The third kappa shape index (κ3) is 4.21. The first-order chi connectivity index (χ1) is 17.1. The van der Waals surface area contributed by atoms with E-state index in [1.807, 2.05) is 34.5 Å². The summed E-state index contributed by atoms with van der Waals surface area (Å²) in [6.07, 6.45) is 4.56. The smallest absolute Gasteiger partial charge is 0.237 e. The number of likely N-dealkylation sites (N-methyl/N-ethyl adjacent to an activating group) is 1. The predicted octanol–water partition coefficient (Wildman–Crippen LogP) is 3.98. The minimum Gasteiger partial charge on any atom is -0.365 e. The maximum absolute atomic E-state index is 12.6. The summed E-state index contributed by atoms with van der Waals surface area (Å²) in [5.41, 5.74) is 8.57. The molecule has 0 unspecified atom stereocenters. The molecule has 5 heterocycles. The Balaban J connectivity index is 1.48. The fourth-order valence-corrected chi connectivity index (χ4v) is 5.45. The number of hydrogen-bond donors (Lipinski definition) is 2. The van der Waals surface area contributed by atoms with Crippen LogP contribution in [0.5, 0.6) is 0 Å². The highest BCUT2D eigenvalue weighted by atomic mass is 16.2. The van der Waals surface area contributed by atoms with Crippen molar-refractivity contribution < 1.29 is 4.79 Å². The molecule has 1 aliphatic heterocycles. The molecular formula is C27H36N8O. The van der Waals surface area contributed by atoms with E-state index in [1.54, 1.807) is 6.33 Å². The average molecular weight is 489 g/mol. The van der Waals surface area contributed by atoms with Crippen molar-refractivity contribution in [2.45, 2.75) is 59.0 Å². The van der Waals surface area contributed by atoms with Gasteiger partial charge in [0.1, 0.15) is 12.1 Å². The van der Waals surface area contributed by atoms with E-state index >= 15 is 0 Å². The second-order valence-electron chi connectivity index (χ2n) is 10.7. The van der Waals surface area contributed by atoms with Crippen molar-refractivity contribution >= 4 is 28.4 Å². The number of H-pyrrole nitrogens is 1. The summed E-state index contributed by atoms with van der Waals surface area (Å²) in [6.45, 7) is 11.9. The lowest BCUT2D eigenvalue weighted by Gasteiger charge is -2.23. The van der Waals surface area contributed by atoms with E-state index in [0.29, 0.717) is 13.1 Å². The predicted molar refractivity (Wildman–Crippen MR) is 143 cm³/mol. The van der Waals surface area contributed by atoms with Crippen molar-refractivity contribution in [2.75, 3.05) is 32.5 Å². The summed E-state index contributed by atoms with van der Waals surface area (Å²) in [6, 6.07) is 4.52. The van der Waals surface area contributed by atoms with Gasteiger partial charge in [0.2, 0.25) is 5.91 Å². The molecule has 0 aliphatic carbocycles. The number of anilines is 1. The zero-order valence-corrected chi connectivity index (χ0v) is 22.3. The number of nitrogens with one attached hydrogen (secondary N) is 2. The maximum atomic E-state index is 12.6. The molecule has 1 amide bonds. The number of carbonyl (C=O) groups is 1. The van der Waals surface area contributed by atoms with Gasteiger partial charge in [-0.3, -0.25) is 4.79 Å². The molecule has 0 radical (unpaired) electrons. The quantitative estimate of drug-likeness (QED) is 0.426. The van der Waals surface area contributed by atoms with Gasteiger partial charge in [0.05, 0.1) is 23.3 Å². The van der Waals surface area contributed by atoms with Gasteiger partial charge in [-0.15, -0.1) is 0 Å². The molecule has 4 aromatic rings. The fraction of sp³-hybridized carbons (Fsp3) is 0.481. The zero-order valence-electron chi connectivity index (χ0n) is 22.3. The van der Waals surface area contributed by atoms with Crippen molar-refractivity contribution in [2.24, 2.45) is 0 Å². The van der Waals surface area contributed by atoms with Gasteiger partial charge in [0.25, 0.3) is 0 Å². The highest BCUT2D eigenvalue weighted by Gasteiger charge is 2.32. The van der Waals surface area contributed by atoms with Crippen LogP contribution in [0.2, 0.25) is 0 Å². The molecule has 0 spiro atoms. The van der Waals surface area contributed by atoms with Crippen LogP contribution >= 0.6 is 0 Å². The number of carbonyl (C=O) groups excluding carboxylic acids is 1. The second-order valence-corrected chi connectivity index (χ2v) is 10.7. The number of aromatic amines is 1. The molecule has 2 N–H and O–H groups in total. The number of amides is 1. The molecule has 9 nitrogen and oxygen atoms in total. The van der Waals surface area contributed by atoms with Crippen LogP contribution in [0.1, 0.15) is 49.8 Å². The number of fused-ring (bicyclic) bond motifs is 2. The molecule has 0 saturated carbocycles. The Hall–Kier alpha value is -3.46. The van der Waals surface area contributed by atoms with Gasteiger partial charge in [-0.2, -0.15) is 5.10 Å². The van der Waals surface area contributed by atoms with Crippen molar-refractivity contribution in [3.63, 3.8) is 0 Å². The van der Waals surface area contributed by atoms with Crippen LogP contribution < -0.4 is 5.32 Å². The molecule has 9 heteroatoms. The van der Waals surface area contributed by atoms with Crippen LogP contribution in [0, 0.1) is 13.8 Å². The first kappa shape index (κ1) is 24.2. The van der Waals surface area contributed by atoms with E-state index in [2.05, 4.69) is 67.3 Å². The van der Waals surface area contributed by atoms with Crippen LogP contribution in [0.15, 0.2) is 24.7 Å². The topological polar surface area (TPSA) is 94.5 Å². The number of pyridine rings is 2. The van der Waals surface area contributed by atoms with E-state index < -0.39 is 0 Å². The second kappa shape index (κ2) is 9.20. The molecule has 0 aromatic carbocycles. The monoisotopic (exact) mass is 488 g/mol. The van der Waals surface area contributed by atoms with E-state index in [1.165, 1.54) is 11.1 Å². The number of aryl methyl sites for hydroxylation is 1. The Labute approximate surface area is 211 Å². The molecular weight excluding hydrogens is 452 g/mol. The van der Waals surface area contributed by atoms with Gasteiger partial charge >= 0.3 is 0 Å². The summed E-state index contributed by atoms with van der Waals surface area (Å²) in [5.74, 6) is 1.29. The Kier molecular flexibility index (Phi) is 6.20. The lowest BCUT2D eigenvalue weighted by molar-refractivity contribution is -0.132. The van der Waals surface area contributed by atoms with E-state index in [9.17, 15) is 4.79 Å². The molecule has 1 fully saturated rings. The van der Waals surface area contributed by atoms with E-state index in [4.69, 9.17) is 4.98 Å².